The lowest BCUT2D eigenvalue weighted by Crippen LogP contribution is -1.80. The van der Waals surface area contributed by atoms with E-state index in [1.54, 1.807) is 0 Å². The second kappa shape index (κ2) is 5.97. The lowest BCUT2D eigenvalue weighted by atomic mass is 10.1. The van der Waals surface area contributed by atoms with Gasteiger partial charge in [0.05, 0.1) is 5.69 Å². The molecule has 0 N–H and O–H groups in total. The Bertz CT molecular complexity index is 565. The highest BCUT2D eigenvalue weighted by Gasteiger charge is 1.96. The largest absolute Gasteiger partial charge is 0.257 e. The van der Waals surface area contributed by atoms with Gasteiger partial charge in [-0.25, -0.2) is 0 Å². The molecule has 0 fully saturated rings. The molecule has 0 amide bonds. The van der Waals surface area contributed by atoms with Crippen molar-refractivity contribution in [2.45, 2.75) is 13.8 Å². The van der Waals surface area contributed by atoms with Crippen molar-refractivity contribution >= 4 is 18.0 Å². The van der Waals surface area contributed by atoms with E-state index in [9.17, 15) is 0 Å². The maximum atomic E-state index is 4.47. The molecule has 0 saturated carbocycles. The predicted molar refractivity (Wildman–Crippen MR) is 79.5 cm³/mol. The van der Waals surface area contributed by atoms with Crippen LogP contribution in [-0.4, -0.2) is 6.21 Å². The Morgan fingerprint density at radius 3 is 2.44 bits per heavy atom. The van der Waals surface area contributed by atoms with Crippen LogP contribution in [0.2, 0.25) is 0 Å². The highest BCUT2D eigenvalue weighted by molar-refractivity contribution is 5.80. The topological polar surface area (TPSA) is 12.4 Å². The third-order valence-electron chi connectivity index (χ3n) is 2.96. The van der Waals surface area contributed by atoms with Crippen LogP contribution in [0.3, 0.4) is 0 Å². The quantitative estimate of drug-likeness (QED) is 0.683. The minimum Gasteiger partial charge on any atom is -0.257 e. The number of allylic oxidation sites excluding steroid dienone is 1. The third kappa shape index (κ3) is 3.17. The molecule has 0 atom stereocenters. The molecule has 1 heteroatoms. The summed E-state index contributed by atoms with van der Waals surface area (Å²) in [5.74, 6) is 0. The third-order valence-corrected chi connectivity index (χ3v) is 2.96. The summed E-state index contributed by atoms with van der Waals surface area (Å²) in [6, 6.07) is 16.4. The van der Waals surface area contributed by atoms with E-state index in [2.05, 4.69) is 43.1 Å². The van der Waals surface area contributed by atoms with Crippen molar-refractivity contribution in [2.24, 2.45) is 4.99 Å². The Balaban J connectivity index is 2.08. The van der Waals surface area contributed by atoms with Gasteiger partial charge in [-0.2, -0.15) is 0 Å². The molecule has 0 unspecified atom stereocenters. The molecule has 0 bridgehead atoms. The van der Waals surface area contributed by atoms with Crippen LogP contribution in [-0.2, 0) is 0 Å². The summed E-state index contributed by atoms with van der Waals surface area (Å²) in [6.45, 7) is 4.21. The monoisotopic (exact) mass is 235 g/mol. The smallest absolute Gasteiger partial charge is 0.0661 e. The second-order valence-corrected chi connectivity index (χ2v) is 4.27. The summed E-state index contributed by atoms with van der Waals surface area (Å²) in [6.07, 6.45) is 5.86. The predicted octanol–water partition coefficient (Wildman–Crippen LogP) is 4.72. The number of aryl methyl sites for hydroxylation is 1. The van der Waals surface area contributed by atoms with Gasteiger partial charge in [0.15, 0.2) is 0 Å². The normalized spacial score (nSPS) is 11.4. The van der Waals surface area contributed by atoms with Crippen LogP contribution in [0.1, 0.15) is 16.7 Å². The van der Waals surface area contributed by atoms with E-state index >= 15 is 0 Å². The minimum atomic E-state index is 1.03. The Kier molecular flexibility index (Phi) is 4.08. The fraction of sp³-hybridized carbons (Fsp3) is 0.118. The molecule has 90 valence electrons. The Labute approximate surface area is 109 Å². The first-order valence-corrected chi connectivity index (χ1v) is 6.09. The SMILES string of the molecule is Cc1cccc(N=C/C=C/c2ccccc2)c1C. The van der Waals surface area contributed by atoms with Crippen molar-refractivity contribution in [3.8, 4) is 0 Å². The molecule has 0 aliphatic carbocycles. The number of aliphatic imine (C=N–C) groups is 1. The van der Waals surface area contributed by atoms with E-state index in [4.69, 9.17) is 0 Å². The maximum Gasteiger partial charge on any atom is 0.0661 e. The van der Waals surface area contributed by atoms with Crippen molar-refractivity contribution in [1.82, 2.24) is 0 Å². The molecular weight excluding hydrogens is 218 g/mol. The number of hydrogen-bond acceptors (Lipinski definition) is 1. The van der Waals surface area contributed by atoms with Gasteiger partial charge in [0.1, 0.15) is 0 Å². The Morgan fingerprint density at radius 2 is 1.67 bits per heavy atom. The summed E-state index contributed by atoms with van der Waals surface area (Å²) >= 11 is 0. The number of rotatable bonds is 3. The van der Waals surface area contributed by atoms with Gasteiger partial charge in [0, 0.05) is 6.21 Å². The molecule has 2 rings (SSSR count). The summed E-state index contributed by atoms with van der Waals surface area (Å²) in [5.41, 5.74) is 4.73. The van der Waals surface area contributed by atoms with Crippen LogP contribution in [0.25, 0.3) is 6.08 Å². The van der Waals surface area contributed by atoms with Crippen molar-refractivity contribution in [2.75, 3.05) is 0 Å². The molecule has 2 aromatic rings. The van der Waals surface area contributed by atoms with Gasteiger partial charge in [-0.05, 0) is 42.7 Å². The van der Waals surface area contributed by atoms with Gasteiger partial charge >= 0.3 is 0 Å². The van der Waals surface area contributed by atoms with Crippen molar-refractivity contribution in [1.29, 1.82) is 0 Å². The van der Waals surface area contributed by atoms with E-state index < -0.39 is 0 Å². The van der Waals surface area contributed by atoms with Crippen molar-refractivity contribution in [3.05, 3.63) is 71.3 Å². The van der Waals surface area contributed by atoms with E-state index in [1.165, 1.54) is 16.7 Å². The van der Waals surface area contributed by atoms with E-state index in [0.717, 1.165) is 5.69 Å². The molecular formula is C17H17N. The number of hydrogen-bond donors (Lipinski definition) is 0. The van der Waals surface area contributed by atoms with Crippen LogP contribution in [0.15, 0.2) is 59.6 Å². The van der Waals surface area contributed by atoms with Gasteiger partial charge in [-0.1, -0.05) is 48.5 Å². The van der Waals surface area contributed by atoms with Gasteiger partial charge < -0.3 is 0 Å². The molecule has 0 radical (unpaired) electrons. The van der Waals surface area contributed by atoms with Crippen LogP contribution in [0.4, 0.5) is 5.69 Å². The lowest BCUT2D eigenvalue weighted by molar-refractivity contribution is 1.31. The zero-order valence-electron chi connectivity index (χ0n) is 10.8. The van der Waals surface area contributed by atoms with E-state index in [-0.39, 0.29) is 0 Å². The van der Waals surface area contributed by atoms with Crippen molar-refractivity contribution < 1.29 is 0 Å². The zero-order valence-corrected chi connectivity index (χ0v) is 10.8. The molecule has 1 nitrogen and oxygen atoms in total. The molecule has 0 heterocycles. The summed E-state index contributed by atoms with van der Waals surface area (Å²) < 4.78 is 0. The number of nitrogens with zero attached hydrogens (tertiary/aromatic N) is 1. The fourth-order valence-electron chi connectivity index (χ4n) is 1.72. The molecule has 0 saturated heterocycles. The summed E-state index contributed by atoms with van der Waals surface area (Å²) in [7, 11) is 0. The summed E-state index contributed by atoms with van der Waals surface area (Å²) in [4.78, 5) is 4.47. The second-order valence-electron chi connectivity index (χ2n) is 4.27. The number of benzene rings is 2. The standard InChI is InChI=1S/C17H17N/c1-14-8-6-12-17(15(14)2)18-13-7-11-16-9-4-3-5-10-16/h3-13H,1-2H3/b11-7+,18-13?. The first kappa shape index (κ1) is 12.3. The molecule has 0 spiro atoms. The van der Waals surface area contributed by atoms with Crippen LogP contribution < -0.4 is 0 Å². The highest BCUT2D eigenvalue weighted by atomic mass is 14.7. The van der Waals surface area contributed by atoms with Gasteiger partial charge in [0.2, 0.25) is 0 Å². The maximum absolute atomic E-state index is 4.47. The molecule has 0 aromatic heterocycles. The van der Waals surface area contributed by atoms with E-state index in [0.29, 0.717) is 0 Å². The van der Waals surface area contributed by atoms with Crippen LogP contribution in [0.5, 0.6) is 0 Å². The van der Waals surface area contributed by atoms with Crippen molar-refractivity contribution in [3.63, 3.8) is 0 Å². The van der Waals surface area contributed by atoms with Gasteiger partial charge in [-0.15, -0.1) is 0 Å². The summed E-state index contributed by atoms with van der Waals surface area (Å²) in [5, 5.41) is 0. The van der Waals surface area contributed by atoms with E-state index in [1.807, 2.05) is 42.6 Å². The highest BCUT2D eigenvalue weighted by Crippen LogP contribution is 2.20. The lowest BCUT2D eigenvalue weighted by Gasteiger charge is -2.02. The van der Waals surface area contributed by atoms with Gasteiger partial charge in [-0.3, -0.25) is 4.99 Å². The van der Waals surface area contributed by atoms with Crippen LogP contribution >= 0.6 is 0 Å². The average Bonchev–Trinajstić information content (AvgIpc) is 2.40. The Morgan fingerprint density at radius 1 is 0.889 bits per heavy atom. The molecule has 2 aromatic carbocycles. The molecule has 0 aliphatic rings. The first-order chi connectivity index (χ1) is 8.77. The Hall–Kier alpha value is -2.15. The fourth-order valence-corrected chi connectivity index (χ4v) is 1.72. The van der Waals surface area contributed by atoms with Gasteiger partial charge in [0.25, 0.3) is 0 Å². The average molecular weight is 235 g/mol. The minimum absolute atomic E-state index is 1.03. The first-order valence-electron chi connectivity index (χ1n) is 6.09. The molecule has 0 aliphatic heterocycles. The zero-order chi connectivity index (χ0) is 12.8. The molecule has 18 heavy (non-hydrogen) atoms. The van der Waals surface area contributed by atoms with Crippen LogP contribution in [0, 0.1) is 13.8 Å².